The minimum absolute atomic E-state index is 0.459. The molecule has 1 saturated heterocycles. The Morgan fingerprint density at radius 2 is 2.35 bits per heavy atom. The molecule has 1 aromatic rings. The standard InChI is InChI=1S/C12H15ClN2O2/c1-8-2-3-9(6-10(8)13)15-5-4-14-7-11(15)12(16)17/h2-3,6,11,14H,4-5,7H2,1H3,(H,16,17). The van der Waals surface area contributed by atoms with E-state index in [2.05, 4.69) is 5.32 Å². The molecule has 1 atom stereocenters. The molecule has 2 N–H and O–H groups in total. The fraction of sp³-hybridized carbons (Fsp3) is 0.417. The quantitative estimate of drug-likeness (QED) is 0.840. The SMILES string of the molecule is Cc1ccc(N2CCNCC2C(=O)O)cc1Cl. The Hall–Kier alpha value is -1.26. The third-order valence-corrected chi connectivity index (χ3v) is 3.42. The molecule has 1 unspecified atom stereocenters. The normalized spacial score (nSPS) is 20.4. The van der Waals surface area contributed by atoms with Crippen LogP contribution in [0.5, 0.6) is 0 Å². The molecule has 2 rings (SSSR count). The molecule has 1 aromatic carbocycles. The molecule has 4 nitrogen and oxygen atoms in total. The van der Waals surface area contributed by atoms with E-state index < -0.39 is 12.0 Å². The summed E-state index contributed by atoms with van der Waals surface area (Å²) in [6.45, 7) is 3.85. The van der Waals surface area contributed by atoms with Crippen molar-refractivity contribution in [1.29, 1.82) is 0 Å². The molecular formula is C12H15ClN2O2. The number of carboxylic acid groups (broad SMARTS) is 1. The summed E-state index contributed by atoms with van der Waals surface area (Å²) in [4.78, 5) is 13.1. The lowest BCUT2D eigenvalue weighted by Crippen LogP contribution is -2.55. The van der Waals surface area contributed by atoms with Crippen LogP contribution in [0.4, 0.5) is 5.69 Å². The van der Waals surface area contributed by atoms with Gasteiger partial charge in [-0.25, -0.2) is 4.79 Å². The molecule has 0 bridgehead atoms. The van der Waals surface area contributed by atoms with Gasteiger partial charge in [0.15, 0.2) is 0 Å². The van der Waals surface area contributed by atoms with E-state index in [0.717, 1.165) is 17.8 Å². The predicted molar refractivity (Wildman–Crippen MR) is 67.8 cm³/mol. The zero-order valence-electron chi connectivity index (χ0n) is 9.61. The minimum atomic E-state index is -0.811. The van der Waals surface area contributed by atoms with Crippen LogP contribution in [-0.2, 0) is 4.79 Å². The van der Waals surface area contributed by atoms with Crippen LogP contribution in [0, 0.1) is 6.92 Å². The first-order chi connectivity index (χ1) is 8.09. The molecule has 5 heteroatoms. The molecular weight excluding hydrogens is 240 g/mol. The summed E-state index contributed by atoms with van der Waals surface area (Å²) in [6, 6.07) is 5.14. The number of benzene rings is 1. The van der Waals surface area contributed by atoms with Gasteiger partial charge in [0, 0.05) is 30.3 Å². The van der Waals surface area contributed by atoms with Crippen LogP contribution >= 0.6 is 11.6 Å². The van der Waals surface area contributed by atoms with E-state index in [1.54, 1.807) is 0 Å². The summed E-state index contributed by atoms with van der Waals surface area (Å²) in [7, 11) is 0. The van der Waals surface area contributed by atoms with Crippen LogP contribution in [0.25, 0.3) is 0 Å². The molecule has 17 heavy (non-hydrogen) atoms. The zero-order chi connectivity index (χ0) is 12.4. The van der Waals surface area contributed by atoms with Crippen molar-refractivity contribution in [2.45, 2.75) is 13.0 Å². The maximum atomic E-state index is 11.2. The second-order valence-corrected chi connectivity index (χ2v) is 4.59. The second kappa shape index (κ2) is 4.94. The van der Waals surface area contributed by atoms with Gasteiger partial charge in [0.25, 0.3) is 0 Å². The maximum absolute atomic E-state index is 11.2. The highest BCUT2D eigenvalue weighted by Crippen LogP contribution is 2.25. The highest BCUT2D eigenvalue weighted by molar-refractivity contribution is 6.31. The molecule has 0 aliphatic carbocycles. The number of nitrogens with zero attached hydrogens (tertiary/aromatic N) is 1. The van der Waals surface area contributed by atoms with Gasteiger partial charge < -0.3 is 15.3 Å². The van der Waals surface area contributed by atoms with Gasteiger partial charge in [0.2, 0.25) is 0 Å². The maximum Gasteiger partial charge on any atom is 0.327 e. The van der Waals surface area contributed by atoms with Crippen molar-refractivity contribution in [3.05, 3.63) is 28.8 Å². The van der Waals surface area contributed by atoms with Gasteiger partial charge in [-0.3, -0.25) is 0 Å². The Labute approximate surface area is 105 Å². The number of rotatable bonds is 2. The van der Waals surface area contributed by atoms with Gasteiger partial charge >= 0.3 is 5.97 Å². The second-order valence-electron chi connectivity index (χ2n) is 4.19. The van der Waals surface area contributed by atoms with Gasteiger partial charge in [-0.1, -0.05) is 17.7 Å². The van der Waals surface area contributed by atoms with E-state index in [9.17, 15) is 9.90 Å². The molecule has 1 aliphatic heterocycles. The monoisotopic (exact) mass is 254 g/mol. The van der Waals surface area contributed by atoms with Crippen LogP contribution in [-0.4, -0.2) is 36.8 Å². The van der Waals surface area contributed by atoms with Gasteiger partial charge in [0.05, 0.1) is 0 Å². The zero-order valence-corrected chi connectivity index (χ0v) is 10.4. The van der Waals surface area contributed by atoms with Crippen LogP contribution in [0.15, 0.2) is 18.2 Å². The largest absolute Gasteiger partial charge is 0.480 e. The predicted octanol–water partition coefficient (Wildman–Crippen LogP) is 1.51. The van der Waals surface area contributed by atoms with E-state index in [4.69, 9.17) is 11.6 Å². The van der Waals surface area contributed by atoms with Crippen molar-refractivity contribution >= 4 is 23.3 Å². The Morgan fingerprint density at radius 3 is 3.00 bits per heavy atom. The minimum Gasteiger partial charge on any atom is -0.480 e. The van der Waals surface area contributed by atoms with Crippen LogP contribution in [0.1, 0.15) is 5.56 Å². The number of aliphatic carboxylic acids is 1. The van der Waals surface area contributed by atoms with Crippen LogP contribution in [0.2, 0.25) is 5.02 Å². The van der Waals surface area contributed by atoms with E-state index >= 15 is 0 Å². The van der Waals surface area contributed by atoms with Crippen LogP contribution in [0.3, 0.4) is 0 Å². The summed E-state index contributed by atoms with van der Waals surface area (Å²) in [5.41, 5.74) is 1.87. The van der Waals surface area contributed by atoms with E-state index in [-0.39, 0.29) is 0 Å². The lowest BCUT2D eigenvalue weighted by molar-refractivity contribution is -0.138. The fourth-order valence-electron chi connectivity index (χ4n) is 1.99. The molecule has 1 heterocycles. The molecule has 1 fully saturated rings. The van der Waals surface area contributed by atoms with E-state index in [1.165, 1.54) is 0 Å². The van der Waals surface area contributed by atoms with Gasteiger partial charge in [-0.2, -0.15) is 0 Å². The summed E-state index contributed by atoms with van der Waals surface area (Å²) < 4.78 is 0. The molecule has 0 aromatic heterocycles. The van der Waals surface area contributed by atoms with Crippen molar-refractivity contribution in [3.63, 3.8) is 0 Å². The lowest BCUT2D eigenvalue weighted by atomic mass is 10.1. The van der Waals surface area contributed by atoms with Gasteiger partial charge in [-0.15, -0.1) is 0 Å². The van der Waals surface area contributed by atoms with Gasteiger partial charge in [-0.05, 0) is 24.6 Å². The average molecular weight is 255 g/mol. The smallest absolute Gasteiger partial charge is 0.327 e. The Balaban J connectivity index is 2.29. The Bertz CT molecular complexity index is 437. The van der Waals surface area contributed by atoms with Crippen molar-refractivity contribution in [2.24, 2.45) is 0 Å². The number of halogens is 1. The number of carbonyl (C=O) groups is 1. The summed E-state index contributed by atoms with van der Waals surface area (Å²) >= 11 is 6.07. The summed E-state index contributed by atoms with van der Waals surface area (Å²) in [6.07, 6.45) is 0. The molecule has 0 radical (unpaired) electrons. The first-order valence-corrected chi connectivity index (χ1v) is 5.93. The first kappa shape index (κ1) is 12.2. The highest BCUT2D eigenvalue weighted by atomic mass is 35.5. The summed E-state index contributed by atoms with van der Waals surface area (Å²) in [5.74, 6) is -0.811. The number of hydrogen-bond donors (Lipinski definition) is 2. The molecule has 0 saturated carbocycles. The topological polar surface area (TPSA) is 52.6 Å². The van der Waals surface area contributed by atoms with Crippen molar-refractivity contribution < 1.29 is 9.90 Å². The van der Waals surface area contributed by atoms with Gasteiger partial charge in [0.1, 0.15) is 6.04 Å². The third kappa shape index (κ3) is 2.53. The van der Waals surface area contributed by atoms with E-state index in [1.807, 2.05) is 30.0 Å². The van der Waals surface area contributed by atoms with E-state index in [0.29, 0.717) is 18.1 Å². The summed E-state index contributed by atoms with van der Waals surface area (Å²) in [5, 5.41) is 12.9. The fourth-order valence-corrected chi connectivity index (χ4v) is 2.17. The van der Waals surface area contributed by atoms with Crippen LogP contribution < -0.4 is 10.2 Å². The number of nitrogens with one attached hydrogen (secondary N) is 1. The number of hydrogen-bond acceptors (Lipinski definition) is 3. The average Bonchev–Trinajstić information content (AvgIpc) is 2.32. The highest BCUT2D eigenvalue weighted by Gasteiger charge is 2.28. The Kier molecular flexibility index (Phi) is 3.54. The first-order valence-electron chi connectivity index (χ1n) is 5.56. The lowest BCUT2D eigenvalue weighted by Gasteiger charge is -2.35. The molecule has 0 amide bonds. The molecule has 0 spiro atoms. The van der Waals surface area contributed by atoms with Crippen molar-refractivity contribution in [1.82, 2.24) is 5.32 Å². The van der Waals surface area contributed by atoms with Crippen molar-refractivity contribution in [2.75, 3.05) is 24.5 Å². The number of anilines is 1. The molecule has 92 valence electrons. The molecule has 1 aliphatic rings. The van der Waals surface area contributed by atoms with Crippen molar-refractivity contribution in [3.8, 4) is 0 Å². The number of aryl methyl sites for hydroxylation is 1. The number of carboxylic acids is 1. The Morgan fingerprint density at radius 1 is 1.59 bits per heavy atom. The number of piperazine rings is 1. The third-order valence-electron chi connectivity index (χ3n) is 3.02.